The van der Waals surface area contributed by atoms with E-state index in [4.69, 9.17) is 4.52 Å². The van der Waals surface area contributed by atoms with Crippen LogP contribution in [0.15, 0.2) is 22.7 Å². The predicted molar refractivity (Wildman–Crippen MR) is 71.4 cm³/mol. The van der Waals surface area contributed by atoms with Crippen LogP contribution in [0, 0.1) is 17.0 Å². The van der Waals surface area contributed by atoms with Crippen LogP contribution >= 0.6 is 0 Å². The molecule has 0 aliphatic carbocycles. The van der Waals surface area contributed by atoms with Crippen molar-refractivity contribution in [3.05, 3.63) is 39.8 Å². The fourth-order valence-electron chi connectivity index (χ4n) is 2.34. The topological polar surface area (TPSA) is 94.1 Å². The zero-order valence-electron chi connectivity index (χ0n) is 11.0. The van der Waals surface area contributed by atoms with E-state index in [0.717, 1.165) is 25.1 Å². The lowest BCUT2D eigenvalue weighted by Crippen LogP contribution is -2.08. The van der Waals surface area contributed by atoms with Gasteiger partial charge in [0.1, 0.15) is 0 Å². The molecule has 0 saturated carbocycles. The van der Waals surface area contributed by atoms with Crippen molar-refractivity contribution in [3.63, 3.8) is 0 Å². The third-order valence-electron chi connectivity index (χ3n) is 3.52. The molecular formula is C13H14N4O3. The quantitative estimate of drug-likeness (QED) is 0.679. The number of nitrogens with one attached hydrogen (secondary N) is 1. The molecule has 0 spiro atoms. The largest absolute Gasteiger partial charge is 0.339 e. The number of hydrogen-bond acceptors (Lipinski definition) is 6. The van der Waals surface area contributed by atoms with Gasteiger partial charge in [-0.3, -0.25) is 10.1 Å². The fraction of sp³-hybridized carbons (Fsp3) is 0.385. The molecule has 7 nitrogen and oxygen atoms in total. The smallest absolute Gasteiger partial charge is 0.270 e. The van der Waals surface area contributed by atoms with Crippen molar-refractivity contribution in [2.75, 3.05) is 13.1 Å². The average molecular weight is 274 g/mol. The molecule has 2 heterocycles. The lowest BCUT2D eigenvalue weighted by Gasteiger charge is -2.01. The number of aromatic nitrogens is 2. The first-order chi connectivity index (χ1) is 9.65. The highest BCUT2D eigenvalue weighted by molar-refractivity contribution is 5.63. The third kappa shape index (κ3) is 2.27. The Morgan fingerprint density at radius 1 is 1.50 bits per heavy atom. The molecule has 1 aromatic carbocycles. The minimum atomic E-state index is -0.426. The van der Waals surface area contributed by atoms with Gasteiger partial charge in [0.2, 0.25) is 11.7 Å². The molecule has 20 heavy (non-hydrogen) atoms. The lowest BCUT2D eigenvalue weighted by molar-refractivity contribution is -0.384. The number of nitrogens with zero attached hydrogens (tertiary/aromatic N) is 3. The second kappa shape index (κ2) is 5.01. The minimum absolute atomic E-state index is 0.0273. The van der Waals surface area contributed by atoms with Gasteiger partial charge in [0.05, 0.1) is 10.8 Å². The van der Waals surface area contributed by atoms with Gasteiger partial charge in [-0.05, 0) is 25.5 Å². The molecule has 1 atom stereocenters. The number of aryl methyl sites for hydroxylation is 1. The molecule has 1 fully saturated rings. The first kappa shape index (κ1) is 12.7. The van der Waals surface area contributed by atoms with Crippen LogP contribution in [0.3, 0.4) is 0 Å². The van der Waals surface area contributed by atoms with Gasteiger partial charge in [0.15, 0.2) is 0 Å². The Morgan fingerprint density at radius 3 is 3.05 bits per heavy atom. The maximum Gasteiger partial charge on any atom is 0.270 e. The van der Waals surface area contributed by atoms with Gasteiger partial charge < -0.3 is 9.84 Å². The highest BCUT2D eigenvalue weighted by Gasteiger charge is 2.24. The Kier molecular flexibility index (Phi) is 3.19. The molecule has 1 aliphatic rings. The summed E-state index contributed by atoms with van der Waals surface area (Å²) in [5, 5.41) is 18.0. The van der Waals surface area contributed by atoms with E-state index >= 15 is 0 Å². The van der Waals surface area contributed by atoms with E-state index in [1.165, 1.54) is 12.1 Å². The lowest BCUT2D eigenvalue weighted by atomic mass is 10.1. The van der Waals surface area contributed by atoms with Crippen molar-refractivity contribution in [1.29, 1.82) is 0 Å². The first-order valence-electron chi connectivity index (χ1n) is 6.45. The summed E-state index contributed by atoms with van der Waals surface area (Å²) < 4.78 is 5.29. The van der Waals surface area contributed by atoms with E-state index in [1.807, 2.05) is 6.92 Å². The van der Waals surface area contributed by atoms with Crippen molar-refractivity contribution < 1.29 is 9.45 Å². The van der Waals surface area contributed by atoms with E-state index in [2.05, 4.69) is 15.5 Å². The van der Waals surface area contributed by atoms with Gasteiger partial charge in [0, 0.05) is 24.2 Å². The molecule has 3 rings (SSSR count). The van der Waals surface area contributed by atoms with Crippen molar-refractivity contribution in [2.45, 2.75) is 19.3 Å². The van der Waals surface area contributed by atoms with Crippen LogP contribution in [-0.2, 0) is 0 Å². The highest BCUT2D eigenvalue weighted by atomic mass is 16.6. The van der Waals surface area contributed by atoms with Crippen LogP contribution in [-0.4, -0.2) is 28.2 Å². The maximum atomic E-state index is 10.8. The summed E-state index contributed by atoms with van der Waals surface area (Å²) in [6.07, 6.45) is 0.968. The molecular weight excluding hydrogens is 260 g/mol. The van der Waals surface area contributed by atoms with Gasteiger partial charge in [-0.15, -0.1) is 0 Å². The van der Waals surface area contributed by atoms with E-state index in [9.17, 15) is 10.1 Å². The van der Waals surface area contributed by atoms with Gasteiger partial charge in [-0.2, -0.15) is 4.98 Å². The summed E-state index contributed by atoms with van der Waals surface area (Å²) in [6, 6.07) is 4.65. The number of non-ortho nitro benzene ring substituents is 1. The van der Waals surface area contributed by atoms with Crippen LogP contribution in [0.5, 0.6) is 0 Å². The second-order valence-corrected chi connectivity index (χ2v) is 4.90. The maximum absolute atomic E-state index is 10.8. The molecule has 7 heteroatoms. The highest BCUT2D eigenvalue weighted by Crippen LogP contribution is 2.28. The molecule has 1 saturated heterocycles. The number of nitro benzene ring substituents is 1. The van der Waals surface area contributed by atoms with Crippen LogP contribution in [0.25, 0.3) is 11.4 Å². The molecule has 0 bridgehead atoms. The molecule has 1 unspecified atom stereocenters. The molecule has 1 aliphatic heterocycles. The number of benzene rings is 1. The molecule has 0 radical (unpaired) electrons. The Bertz CT molecular complexity index is 647. The minimum Gasteiger partial charge on any atom is -0.339 e. The first-order valence-corrected chi connectivity index (χ1v) is 6.45. The van der Waals surface area contributed by atoms with Gasteiger partial charge in [0.25, 0.3) is 5.69 Å². The van der Waals surface area contributed by atoms with Crippen LogP contribution in [0.4, 0.5) is 5.69 Å². The average Bonchev–Trinajstić information content (AvgIpc) is 3.10. The second-order valence-electron chi connectivity index (χ2n) is 4.90. The molecule has 1 N–H and O–H groups in total. The molecule has 1 aromatic heterocycles. The summed E-state index contributed by atoms with van der Waals surface area (Å²) in [6.45, 7) is 3.64. The van der Waals surface area contributed by atoms with Crippen LogP contribution in [0.1, 0.15) is 23.8 Å². The van der Waals surface area contributed by atoms with E-state index < -0.39 is 4.92 Å². The van der Waals surface area contributed by atoms with E-state index in [0.29, 0.717) is 17.3 Å². The number of rotatable bonds is 3. The zero-order valence-corrected chi connectivity index (χ0v) is 11.0. The van der Waals surface area contributed by atoms with Crippen molar-refractivity contribution >= 4 is 5.69 Å². The SMILES string of the molecule is Cc1ccc([N+](=O)[O-])cc1-c1noc(C2CCNC2)n1. The molecule has 2 aromatic rings. The summed E-state index contributed by atoms with van der Waals surface area (Å²) in [4.78, 5) is 14.8. The van der Waals surface area contributed by atoms with E-state index in [-0.39, 0.29) is 11.6 Å². The summed E-state index contributed by atoms with van der Waals surface area (Å²) in [5.74, 6) is 1.24. The zero-order chi connectivity index (χ0) is 14.1. The summed E-state index contributed by atoms with van der Waals surface area (Å²) in [5.41, 5.74) is 1.55. The van der Waals surface area contributed by atoms with Crippen molar-refractivity contribution in [1.82, 2.24) is 15.5 Å². The van der Waals surface area contributed by atoms with Gasteiger partial charge in [-0.1, -0.05) is 11.2 Å². The van der Waals surface area contributed by atoms with Crippen molar-refractivity contribution in [2.24, 2.45) is 0 Å². The summed E-state index contributed by atoms with van der Waals surface area (Å²) >= 11 is 0. The monoisotopic (exact) mass is 274 g/mol. The number of hydrogen-bond donors (Lipinski definition) is 1. The Morgan fingerprint density at radius 2 is 2.35 bits per heavy atom. The standard InChI is InChI=1S/C13H14N4O3/c1-8-2-3-10(17(18)19)6-11(8)12-15-13(20-16-12)9-4-5-14-7-9/h2-3,6,9,14H,4-5,7H2,1H3. The number of nitro groups is 1. The van der Waals surface area contributed by atoms with Crippen LogP contribution in [0.2, 0.25) is 0 Å². The third-order valence-corrected chi connectivity index (χ3v) is 3.52. The van der Waals surface area contributed by atoms with E-state index in [1.54, 1.807) is 6.07 Å². The summed E-state index contributed by atoms with van der Waals surface area (Å²) in [7, 11) is 0. The fourth-order valence-corrected chi connectivity index (χ4v) is 2.34. The predicted octanol–water partition coefficient (Wildman–Crippen LogP) is 2.03. The normalized spacial score (nSPS) is 18.4. The van der Waals surface area contributed by atoms with Gasteiger partial charge in [-0.25, -0.2) is 0 Å². The molecule has 0 amide bonds. The Balaban J connectivity index is 1.96. The van der Waals surface area contributed by atoms with Gasteiger partial charge >= 0.3 is 0 Å². The van der Waals surface area contributed by atoms with Crippen LogP contribution < -0.4 is 5.32 Å². The van der Waals surface area contributed by atoms with Crippen molar-refractivity contribution in [3.8, 4) is 11.4 Å². The Labute approximate surface area is 115 Å². The molecule has 104 valence electrons. The Hall–Kier alpha value is -2.28.